The molecular formula is C14H9Cl2F2N3O4S. The maximum absolute atomic E-state index is 12.8. The molecule has 0 saturated heterocycles. The number of carbonyl (C=O) groups excluding carboxylic acids is 2. The number of rotatable bonds is 6. The molecule has 0 atom stereocenters. The molecule has 0 aliphatic carbocycles. The first kappa shape index (κ1) is 20.1. The van der Waals surface area contributed by atoms with Crippen LogP contribution >= 0.6 is 23.2 Å². The maximum atomic E-state index is 12.8. The number of halogens is 4. The number of hydrogen-bond acceptors (Lipinski definition) is 6. The molecular weight excluding hydrogens is 415 g/mol. The average Bonchev–Trinajstić information content (AvgIpc) is 2.59. The van der Waals surface area contributed by atoms with Crippen LogP contribution in [0.25, 0.3) is 0 Å². The molecule has 7 nitrogen and oxygen atoms in total. The number of para-hydroxylation sites is 1. The molecule has 1 heterocycles. The van der Waals surface area contributed by atoms with Crippen LogP contribution in [-0.2, 0) is 10.0 Å². The van der Waals surface area contributed by atoms with Crippen LogP contribution in [0, 0.1) is 0 Å². The summed E-state index contributed by atoms with van der Waals surface area (Å²) in [7, 11) is -4.24. The zero-order valence-electron chi connectivity index (χ0n) is 12.9. The first-order valence-corrected chi connectivity index (χ1v) is 8.94. The lowest BCUT2D eigenvalue weighted by atomic mass is 10.1. The van der Waals surface area contributed by atoms with Crippen LogP contribution in [0.3, 0.4) is 0 Å². The number of benzene rings is 1. The minimum Gasteiger partial charge on any atom is -0.296 e. The fourth-order valence-electron chi connectivity index (χ4n) is 1.98. The Labute approximate surface area is 156 Å². The van der Waals surface area contributed by atoms with Gasteiger partial charge in [0.15, 0.2) is 6.29 Å². The lowest BCUT2D eigenvalue weighted by Gasteiger charge is -2.22. The lowest BCUT2D eigenvalue weighted by molar-refractivity contribution is 0.102. The van der Waals surface area contributed by atoms with E-state index in [-0.39, 0.29) is 25.7 Å². The topological polar surface area (TPSA) is 97.3 Å². The third kappa shape index (κ3) is 3.81. The highest BCUT2D eigenvalue weighted by molar-refractivity contribution is 7.93. The van der Waals surface area contributed by atoms with Gasteiger partial charge in [0.1, 0.15) is 10.8 Å². The van der Waals surface area contributed by atoms with Crippen molar-refractivity contribution in [1.29, 1.82) is 0 Å². The molecule has 2 rings (SSSR count). The fourth-order valence-corrected chi connectivity index (χ4v) is 3.22. The van der Waals surface area contributed by atoms with E-state index < -0.39 is 33.1 Å². The van der Waals surface area contributed by atoms with E-state index in [2.05, 4.69) is 9.97 Å². The molecule has 0 unspecified atom stereocenters. The number of ketones is 1. The number of anilines is 1. The molecule has 1 aromatic heterocycles. The third-order valence-corrected chi connectivity index (χ3v) is 5.09. The van der Waals surface area contributed by atoms with Gasteiger partial charge in [0.25, 0.3) is 10.0 Å². The van der Waals surface area contributed by atoms with Gasteiger partial charge in [-0.2, -0.15) is 8.78 Å². The Hall–Kier alpha value is -2.17. The number of aromatic nitrogens is 2. The van der Waals surface area contributed by atoms with Crippen LogP contribution < -0.4 is 4.31 Å². The number of alkyl halides is 2. The van der Waals surface area contributed by atoms with Crippen LogP contribution in [0.2, 0.25) is 10.2 Å². The summed E-state index contributed by atoms with van der Waals surface area (Å²) < 4.78 is 49.4. The summed E-state index contributed by atoms with van der Waals surface area (Å²) in [6, 6.07) is 4.80. The van der Waals surface area contributed by atoms with Crippen molar-refractivity contribution in [2.45, 2.75) is 5.76 Å². The summed E-state index contributed by atoms with van der Waals surface area (Å²) in [6.45, 7) is 0. The van der Waals surface area contributed by atoms with Gasteiger partial charge >= 0.3 is 5.76 Å². The van der Waals surface area contributed by atoms with Gasteiger partial charge in [-0.1, -0.05) is 29.3 Å². The molecule has 0 amide bonds. The molecule has 0 fully saturated rings. The highest BCUT2D eigenvalue weighted by Gasteiger charge is 2.33. The van der Waals surface area contributed by atoms with E-state index in [1.54, 1.807) is 0 Å². The van der Waals surface area contributed by atoms with Gasteiger partial charge in [0.2, 0.25) is 11.6 Å². The quantitative estimate of drug-likeness (QED) is 0.402. The molecule has 138 valence electrons. The van der Waals surface area contributed by atoms with Crippen molar-refractivity contribution in [1.82, 2.24) is 9.97 Å². The highest BCUT2D eigenvalue weighted by atomic mass is 35.5. The summed E-state index contributed by atoms with van der Waals surface area (Å²) >= 11 is 11.6. The normalized spacial score (nSPS) is 11.5. The molecule has 26 heavy (non-hydrogen) atoms. The number of hydrogen-bond donors (Lipinski definition) is 0. The van der Waals surface area contributed by atoms with Crippen LogP contribution in [0.5, 0.6) is 0 Å². The van der Waals surface area contributed by atoms with E-state index in [9.17, 15) is 26.8 Å². The van der Waals surface area contributed by atoms with Crippen molar-refractivity contribution in [3.05, 3.63) is 51.5 Å². The predicted molar refractivity (Wildman–Crippen MR) is 90.6 cm³/mol. The fraction of sp³-hybridized carbons (Fsp3) is 0.143. The first-order chi connectivity index (χ1) is 12.1. The van der Waals surface area contributed by atoms with Crippen molar-refractivity contribution in [3.8, 4) is 0 Å². The van der Waals surface area contributed by atoms with Crippen LogP contribution in [0.15, 0.2) is 24.3 Å². The predicted octanol–water partition coefficient (Wildman–Crippen LogP) is 2.82. The summed E-state index contributed by atoms with van der Waals surface area (Å²) in [5.41, 5.74) is -1.02. The second kappa shape index (κ2) is 7.60. The van der Waals surface area contributed by atoms with Gasteiger partial charge in [-0.3, -0.25) is 13.9 Å². The Morgan fingerprint density at radius 2 is 1.92 bits per heavy atom. The summed E-state index contributed by atoms with van der Waals surface area (Å²) in [4.78, 5) is 30.9. The monoisotopic (exact) mass is 423 g/mol. The van der Waals surface area contributed by atoms with E-state index in [1.165, 1.54) is 12.1 Å². The smallest absolute Gasteiger partial charge is 0.296 e. The number of sulfonamides is 1. The van der Waals surface area contributed by atoms with Crippen molar-refractivity contribution in [3.63, 3.8) is 0 Å². The van der Waals surface area contributed by atoms with E-state index >= 15 is 0 Å². The van der Waals surface area contributed by atoms with Gasteiger partial charge in [-0.25, -0.2) is 18.4 Å². The van der Waals surface area contributed by atoms with Gasteiger partial charge in [-0.05, 0) is 12.1 Å². The van der Waals surface area contributed by atoms with Gasteiger partial charge in [-0.15, -0.1) is 0 Å². The van der Waals surface area contributed by atoms with Crippen molar-refractivity contribution >= 4 is 51.0 Å². The van der Waals surface area contributed by atoms with Gasteiger partial charge in [0.05, 0.1) is 16.3 Å². The minimum atomic E-state index is -5.07. The molecule has 1 aromatic carbocycles. The molecule has 0 radical (unpaired) electrons. The van der Waals surface area contributed by atoms with Gasteiger partial charge in [0, 0.05) is 13.1 Å². The van der Waals surface area contributed by atoms with Crippen molar-refractivity contribution in [2.24, 2.45) is 0 Å². The number of nitrogens with zero attached hydrogens (tertiary/aromatic N) is 3. The first-order valence-electron chi connectivity index (χ1n) is 6.68. The molecule has 12 heteroatoms. The number of carbonyl (C=O) groups is 2. The summed E-state index contributed by atoms with van der Waals surface area (Å²) in [5, 5.41) is -0.470. The highest BCUT2D eigenvalue weighted by Crippen LogP contribution is 2.33. The minimum absolute atomic E-state index is 0.189. The largest absolute Gasteiger partial charge is 0.355 e. The third-order valence-electron chi connectivity index (χ3n) is 3.19. The standard InChI is InChI=1S/C14H9Cl2F2N3O4S/c1-21(26(24,25)14(17)18)11-8(3-2-4-9(11)15)12(23)13-19-7(6-22)5-10(16)20-13/h2-6,14H,1H3. The Kier molecular flexibility index (Phi) is 5.89. The van der Waals surface area contributed by atoms with Crippen molar-refractivity contribution < 1.29 is 26.8 Å². The molecule has 0 bridgehead atoms. The number of aldehydes is 1. The second-order valence-corrected chi connectivity index (χ2v) is 7.52. The van der Waals surface area contributed by atoms with E-state index in [0.717, 1.165) is 19.2 Å². The lowest BCUT2D eigenvalue weighted by Crippen LogP contribution is -2.33. The molecule has 0 N–H and O–H groups in total. The SMILES string of the molecule is CN(c1c(Cl)cccc1C(=O)c1nc(Cl)cc(C=O)n1)S(=O)(=O)C(F)F. The molecule has 2 aromatic rings. The Morgan fingerprint density at radius 3 is 2.50 bits per heavy atom. The Balaban J connectivity index is 2.65. The van der Waals surface area contributed by atoms with E-state index in [1.807, 2.05) is 0 Å². The zero-order valence-corrected chi connectivity index (χ0v) is 15.2. The Bertz CT molecular complexity index is 986. The Morgan fingerprint density at radius 1 is 1.27 bits per heavy atom. The summed E-state index contributed by atoms with van der Waals surface area (Å²) in [6.07, 6.45) is 0.330. The summed E-state index contributed by atoms with van der Waals surface area (Å²) in [5.74, 6) is -5.20. The average molecular weight is 424 g/mol. The molecule has 0 spiro atoms. The molecule has 0 aliphatic heterocycles. The second-order valence-electron chi connectivity index (χ2n) is 4.80. The van der Waals surface area contributed by atoms with Gasteiger partial charge < -0.3 is 0 Å². The van der Waals surface area contributed by atoms with Crippen molar-refractivity contribution in [2.75, 3.05) is 11.4 Å². The van der Waals surface area contributed by atoms with Crippen LogP contribution in [0.1, 0.15) is 26.7 Å². The molecule has 0 saturated carbocycles. The van der Waals surface area contributed by atoms with E-state index in [0.29, 0.717) is 6.29 Å². The maximum Gasteiger partial charge on any atom is 0.355 e. The van der Waals surface area contributed by atoms with Crippen LogP contribution in [-0.4, -0.2) is 43.3 Å². The van der Waals surface area contributed by atoms with E-state index in [4.69, 9.17) is 23.2 Å². The zero-order chi connectivity index (χ0) is 19.6. The molecule has 0 aliphatic rings. The van der Waals surface area contributed by atoms with Crippen LogP contribution in [0.4, 0.5) is 14.5 Å².